The molecule has 0 aliphatic heterocycles. The Morgan fingerprint density at radius 2 is 2.22 bits per heavy atom. The summed E-state index contributed by atoms with van der Waals surface area (Å²) in [6, 6.07) is 0. The Labute approximate surface area is 81.3 Å². The fourth-order valence-electron chi connectivity index (χ4n) is 0.160. The molecule has 0 amide bonds. The predicted octanol–water partition coefficient (Wildman–Crippen LogP) is -0.0847. The Balaban J connectivity index is 0. The van der Waals surface area contributed by atoms with Gasteiger partial charge in [0.2, 0.25) is 5.78 Å². The van der Waals surface area contributed by atoms with E-state index in [0.717, 1.165) is 6.92 Å². The molecule has 0 aliphatic carbocycles. The van der Waals surface area contributed by atoms with E-state index in [1.54, 1.807) is 0 Å². The van der Waals surface area contributed by atoms with Crippen LogP contribution in [0.15, 0.2) is 0 Å². The summed E-state index contributed by atoms with van der Waals surface area (Å²) in [5, 5.41) is 8.16. The van der Waals surface area contributed by atoms with Crippen LogP contribution in [-0.4, -0.2) is 46.4 Å². The number of Topliss-reactive ketones (excluding diaryl/α,β-unsaturated/α-hetero) is 1. The normalized spacial score (nSPS) is 22.8. The van der Waals surface area contributed by atoms with Gasteiger partial charge in [0.15, 0.2) is 0 Å². The number of carboxylic acids is 1. The van der Waals surface area contributed by atoms with Crippen LogP contribution in [0.25, 0.3) is 0 Å². The van der Waals surface area contributed by atoms with Crippen LogP contribution in [0, 0.1) is 5.89 Å². The van der Waals surface area contributed by atoms with Gasteiger partial charge in [-0.25, -0.2) is 4.79 Å². The molecule has 1 atom stereocenters. The largest absolute Gasteiger partial charge is 0.475 e. The second-order valence-corrected chi connectivity index (χ2v) is 1.26. The maximum atomic E-state index is 10.7. The molecule has 0 saturated carbocycles. The summed E-state index contributed by atoms with van der Waals surface area (Å²) in [6.07, 6.45) is 0. The van der Waals surface area contributed by atoms with Gasteiger partial charge in [-0.3, -0.25) is 4.79 Å². The molecule has 0 spiro atoms. The number of hydrogen-bond acceptors (Lipinski definition) is 2. The molecule has 3 nitrogen and oxygen atoms in total. The number of hydrogen-bond donors (Lipinski definition) is 1. The Kier molecular flexibility index (Phi) is 2.69. The van der Waals surface area contributed by atoms with Gasteiger partial charge in [0.1, 0.15) is 0 Å². The van der Waals surface area contributed by atoms with Crippen LogP contribution in [0.3, 0.4) is 0 Å². The van der Waals surface area contributed by atoms with Crippen molar-refractivity contribution in [3.05, 3.63) is 0 Å². The molecule has 9 heavy (non-hydrogen) atoms. The smallest absolute Gasteiger partial charge is 0.372 e. The van der Waals surface area contributed by atoms with Crippen molar-refractivity contribution in [2.75, 3.05) is 0 Å². The molecule has 0 aromatic rings. The van der Waals surface area contributed by atoms with Crippen molar-refractivity contribution < 1.29 is 20.2 Å². The summed E-state index contributed by atoms with van der Waals surface area (Å²) >= 11 is 0. The topological polar surface area (TPSA) is 54.4 Å². The van der Waals surface area contributed by atoms with Crippen LogP contribution in [0.2, 0.25) is 0 Å². The number of carbonyl (C=O) groups is 2. The van der Waals surface area contributed by atoms with Crippen LogP contribution in [0.4, 0.5) is 0 Å². The SMILES string of the molecule is [2H]C([2H])([2H])C([2H])([13CH3])C(=O)C(=O)O.[Na]. The summed E-state index contributed by atoms with van der Waals surface area (Å²) in [5.41, 5.74) is 0. The molecule has 0 saturated heterocycles. The molecule has 4 heteroatoms. The van der Waals surface area contributed by atoms with Crippen LogP contribution in [0.1, 0.15) is 19.3 Å². The van der Waals surface area contributed by atoms with Crippen LogP contribution in [0.5, 0.6) is 0 Å². The van der Waals surface area contributed by atoms with Gasteiger partial charge in [-0.1, -0.05) is 13.8 Å². The average molecular weight is 144 g/mol. The summed E-state index contributed by atoms with van der Waals surface area (Å²) in [4.78, 5) is 20.7. The fraction of sp³-hybridized carbons (Fsp3) is 0.600. The molecular weight excluding hydrogens is 132 g/mol. The van der Waals surface area contributed by atoms with Gasteiger partial charge in [0.05, 0.1) is 0 Å². The first-order chi connectivity index (χ1) is 5.10. The summed E-state index contributed by atoms with van der Waals surface area (Å²) in [6.45, 7) is -2.15. The monoisotopic (exact) mass is 144 g/mol. The minimum atomic E-state index is -2.91. The number of aliphatic carboxylic acids is 1. The quantitative estimate of drug-likeness (QED) is 0.335. The van der Waals surface area contributed by atoms with E-state index in [1.165, 1.54) is 0 Å². The van der Waals surface area contributed by atoms with Crippen molar-refractivity contribution >= 4 is 41.3 Å². The van der Waals surface area contributed by atoms with E-state index in [9.17, 15) is 9.59 Å². The van der Waals surface area contributed by atoms with Crippen LogP contribution >= 0.6 is 0 Å². The first kappa shape index (κ1) is 4.88. The number of rotatable bonds is 2. The van der Waals surface area contributed by atoms with Crippen molar-refractivity contribution in [2.45, 2.75) is 13.8 Å². The van der Waals surface area contributed by atoms with E-state index in [0.29, 0.717) is 0 Å². The molecule has 1 N–H and O–H groups in total. The van der Waals surface area contributed by atoms with Crippen LogP contribution in [-0.2, 0) is 9.59 Å². The minimum absolute atomic E-state index is 0. The second kappa shape index (κ2) is 4.97. The molecule has 0 rings (SSSR count). The molecule has 1 radical (unpaired) electrons. The number of ketones is 1. The maximum absolute atomic E-state index is 10.7. The Morgan fingerprint density at radius 3 is 2.33 bits per heavy atom. The van der Waals surface area contributed by atoms with Gasteiger partial charge in [-0.2, -0.15) is 0 Å². The molecular formula is C5H8NaO3. The number of carboxylic acid groups (broad SMARTS) is 1. The standard InChI is InChI=1S/C5H8O3.Na/c1-3(2)4(6)5(7)8;/h3H,1-2H3,(H,7,8);/i1D3,2+1,3D;. The third kappa shape index (κ3) is 4.63. The van der Waals surface area contributed by atoms with E-state index in [2.05, 4.69) is 0 Å². The molecule has 0 aromatic carbocycles. The van der Waals surface area contributed by atoms with Gasteiger partial charge in [-0.15, -0.1) is 0 Å². The molecule has 0 heterocycles. The maximum Gasteiger partial charge on any atom is 0.372 e. The van der Waals surface area contributed by atoms with Gasteiger partial charge < -0.3 is 5.11 Å². The average Bonchev–Trinajstić information content (AvgIpc) is 1.83. The molecule has 0 aromatic heterocycles. The van der Waals surface area contributed by atoms with Crippen LogP contribution < -0.4 is 0 Å². The minimum Gasteiger partial charge on any atom is -0.475 e. The molecule has 0 fully saturated rings. The summed E-state index contributed by atoms with van der Waals surface area (Å²) < 4.78 is 27.2. The summed E-state index contributed by atoms with van der Waals surface area (Å²) in [7, 11) is 0. The summed E-state index contributed by atoms with van der Waals surface area (Å²) in [5.74, 6) is -6.09. The Bertz CT molecular complexity index is 222. The molecule has 0 bridgehead atoms. The zero-order valence-electron chi connectivity index (χ0n) is 9.26. The van der Waals surface area contributed by atoms with Gasteiger partial charge in [0.25, 0.3) is 0 Å². The third-order valence-electron chi connectivity index (χ3n) is 0.535. The predicted molar refractivity (Wildman–Crippen MR) is 33.2 cm³/mol. The van der Waals surface area contributed by atoms with Crippen molar-refractivity contribution in [1.29, 1.82) is 0 Å². The van der Waals surface area contributed by atoms with Gasteiger partial charge in [-0.05, 0) is 0 Å². The Morgan fingerprint density at radius 1 is 1.78 bits per heavy atom. The van der Waals surface area contributed by atoms with E-state index in [-0.39, 0.29) is 29.6 Å². The second-order valence-electron chi connectivity index (χ2n) is 1.26. The van der Waals surface area contributed by atoms with Crippen molar-refractivity contribution in [1.82, 2.24) is 0 Å². The Hall–Kier alpha value is 0.140. The third-order valence-corrected chi connectivity index (χ3v) is 0.535. The van der Waals surface area contributed by atoms with Gasteiger partial charge >= 0.3 is 5.97 Å². The first-order valence-corrected chi connectivity index (χ1v) is 1.88. The molecule has 0 aliphatic rings. The van der Waals surface area contributed by atoms with E-state index in [4.69, 9.17) is 10.6 Å². The van der Waals surface area contributed by atoms with E-state index < -0.39 is 24.5 Å². The van der Waals surface area contributed by atoms with E-state index in [1.807, 2.05) is 0 Å². The van der Waals surface area contributed by atoms with Crippen molar-refractivity contribution in [3.63, 3.8) is 0 Å². The molecule has 1 unspecified atom stereocenters. The van der Waals surface area contributed by atoms with Crippen molar-refractivity contribution in [2.24, 2.45) is 5.89 Å². The fourth-order valence-corrected chi connectivity index (χ4v) is 0.160. The molecule has 47 valence electrons. The zero-order valence-corrected chi connectivity index (χ0v) is 7.26. The first-order valence-electron chi connectivity index (χ1n) is 3.88. The van der Waals surface area contributed by atoms with E-state index >= 15 is 0 Å². The zero-order chi connectivity index (χ0) is 10.2. The number of carbonyl (C=O) groups excluding carboxylic acids is 1. The van der Waals surface area contributed by atoms with Crippen molar-refractivity contribution in [3.8, 4) is 0 Å². The van der Waals surface area contributed by atoms with Gasteiger partial charge in [0, 0.05) is 40.9 Å².